The molecule has 2 nitrogen and oxygen atoms in total. The van der Waals surface area contributed by atoms with Crippen LogP contribution in [-0.2, 0) is 0 Å². The van der Waals surface area contributed by atoms with Crippen LogP contribution in [0.3, 0.4) is 0 Å². The van der Waals surface area contributed by atoms with E-state index in [1.807, 2.05) is 0 Å². The maximum absolute atomic E-state index is 2.87. The van der Waals surface area contributed by atoms with Crippen LogP contribution >= 0.6 is 0 Å². The van der Waals surface area contributed by atoms with Crippen molar-refractivity contribution in [3.8, 4) is 11.4 Å². The average molecular weight is 925 g/mol. The monoisotopic (exact) mass is 924 g/mol. The van der Waals surface area contributed by atoms with Gasteiger partial charge >= 0.3 is 0 Å². The molecule has 2 heterocycles. The van der Waals surface area contributed by atoms with Gasteiger partial charge in [-0.3, -0.25) is 0 Å². The van der Waals surface area contributed by atoms with Crippen LogP contribution in [-0.4, -0.2) is 25.3 Å². The Bertz CT molecular complexity index is 3770. The maximum Gasteiger partial charge on any atom is 0.180 e. The van der Waals surface area contributed by atoms with Crippen LogP contribution in [0.25, 0.3) is 55.0 Å². The summed E-state index contributed by atoms with van der Waals surface area (Å²) in [5.74, 6) is 0. The van der Waals surface area contributed by atoms with Crippen molar-refractivity contribution < 1.29 is 0 Å². The number of hydrogen-bond donors (Lipinski definition) is 0. The van der Waals surface area contributed by atoms with E-state index in [4.69, 9.17) is 0 Å². The highest BCUT2D eigenvalue weighted by Crippen LogP contribution is 2.37. The normalized spacial score (nSPS) is 12.0. The second kappa shape index (κ2) is 17.2. The molecule has 4 heteroatoms. The Hall–Kier alpha value is -8.55. The molecule has 0 radical (unpaired) electrons. The first-order chi connectivity index (χ1) is 34.8. The van der Waals surface area contributed by atoms with Crippen LogP contribution < -0.4 is 41.5 Å². The molecule has 13 rings (SSSR count). The minimum atomic E-state index is -2.87. The third-order valence-electron chi connectivity index (χ3n) is 14.8. The SMILES string of the molecule is c1ccc([Si](c2ccccc2)(c2ccccc2)c2ccc(-n3c4ccccc4c4cc(-n5c6ccccc6c6c([Si](c7ccccc7)(c7ccccc7)c7ccccc7)cccc65)ccc43)cc2)cc1. The number of fused-ring (bicyclic) bond motifs is 6. The van der Waals surface area contributed by atoms with Gasteiger partial charge in [0, 0.05) is 32.9 Å². The van der Waals surface area contributed by atoms with Crippen LogP contribution in [0.2, 0.25) is 0 Å². The van der Waals surface area contributed by atoms with Gasteiger partial charge in [0.2, 0.25) is 0 Å². The van der Waals surface area contributed by atoms with Crippen LogP contribution in [0.5, 0.6) is 0 Å². The molecule has 2 aromatic heterocycles. The predicted octanol–water partition coefficient (Wildman–Crippen LogP) is 10.6. The van der Waals surface area contributed by atoms with E-state index in [0.717, 1.165) is 11.4 Å². The van der Waals surface area contributed by atoms with Crippen LogP contribution in [0.15, 0.2) is 291 Å². The fourth-order valence-electron chi connectivity index (χ4n) is 11.9. The fourth-order valence-corrected chi connectivity index (χ4v) is 21.7. The minimum absolute atomic E-state index is 1.14. The third-order valence-corrected chi connectivity index (χ3v) is 24.4. The molecule has 0 spiro atoms. The largest absolute Gasteiger partial charge is 0.309 e. The smallest absolute Gasteiger partial charge is 0.180 e. The van der Waals surface area contributed by atoms with E-state index in [0.29, 0.717) is 0 Å². The van der Waals surface area contributed by atoms with Gasteiger partial charge in [-0.15, -0.1) is 0 Å². The molecule has 0 aliphatic carbocycles. The van der Waals surface area contributed by atoms with Crippen LogP contribution in [0, 0.1) is 0 Å². The summed E-state index contributed by atoms with van der Waals surface area (Å²) in [7, 11) is -5.55. The summed E-state index contributed by atoms with van der Waals surface area (Å²) in [5, 5.41) is 16.0. The first kappa shape index (κ1) is 41.6. The molecular weight excluding hydrogens is 877 g/mol. The average Bonchev–Trinajstić information content (AvgIpc) is 3.96. The second-order valence-corrected chi connectivity index (χ2v) is 25.9. The topological polar surface area (TPSA) is 9.86 Å². The molecule has 0 saturated carbocycles. The summed E-state index contributed by atoms with van der Waals surface area (Å²) in [5.41, 5.74) is 7.06. The van der Waals surface area contributed by atoms with Crippen molar-refractivity contribution in [3.63, 3.8) is 0 Å². The predicted molar refractivity (Wildman–Crippen MR) is 302 cm³/mol. The van der Waals surface area contributed by atoms with Crippen molar-refractivity contribution >= 4 is 101 Å². The zero-order chi connectivity index (χ0) is 46.5. The van der Waals surface area contributed by atoms with Crippen molar-refractivity contribution in [1.82, 2.24) is 9.13 Å². The first-order valence-corrected chi connectivity index (χ1v) is 28.3. The summed E-state index contributed by atoms with van der Waals surface area (Å²) in [6.45, 7) is 0. The maximum atomic E-state index is 2.51. The molecule has 11 aromatic carbocycles. The molecular formula is C66H48N2Si2. The van der Waals surface area contributed by atoms with Crippen LogP contribution in [0.1, 0.15) is 0 Å². The van der Waals surface area contributed by atoms with Gasteiger partial charge in [-0.1, -0.05) is 243 Å². The van der Waals surface area contributed by atoms with Gasteiger partial charge in [0.05, 0.1) is 22.1 Å². The molecule has 0 aliphatic rings. The summed E-state index contributed by atoms with van der Waals surface area (Å²) in [6.07, 6.45) is 0. The van der Waals surface area contributed by atoms with Gasteiger partial charge in [0.25, 0.3) is 0 Å². The van der Waals surface area contributed by atoms with E-state index in [2.05, 4.69) is 300 Å². The van der Waals surface area contributed by atoms with Gasteiger partial charge in [-0.25, -0.2) is 0 Å². The molecule has 70 heavy (non-hydrogen) atoms. The zero-order valence-corrected chi connectivity index (χ0v) is 40.6. The zero-order valence-electron chi connectivity index (χ0n) is 38.6. The molecule has 0 bridgehead atoms. The van der Waals surface area contributed by atoms with Crippen molar-refractivity contribution in [2.75, 3.05) is 0 Å². The van der Waals surface area contributed by atoms with E-state index in [1.54, 1.807) is 0 Å². The molecule has 0 aliphatic heterocycles. The van der Waals surface area contributed by atoms with Gasteiger partial charge in [0.15, 0.2) is 16.1 Å². The van der Waals surface area contributed by atoms with Gasteiger partial charge < -0.3 is 9.13 Å². The highest BCUT2D eigenvalue weighted by atomic mass is 28.3. The second-order valence-electron chi connectivity index (χ2n) is 18.3. The summed E-state index contributed by atoms with van der Waals surface area (Å²) in [4.78, 5) is 0. The van der Waals surface area contributed by atoms with Crippen molar-refractivity contribution in [2.45, 2.75) is 0 Å². The number of rotatable bonds is 10. The molecule has 0 atom stereocenters. The highest BCUT2D eigenvalue weighted by molar-refractivity contribution is 7.21. The van der Waals surface area contributed by atoms with Gasteiger partial charge in [-0.2, -0.15) is 0 Å². The Labute approximate surface area is 410 Å². The van der Waals surface area contributed by atoms with E-state index >= 15 is 0 Å². The van der Waals surface area contributed by atoms with Crippen molar-refractivity contribution in [1.29, 1.82) is 0 Å². The quantitative estimate of drug-likeness (QED) is 0.0956. The van der Waals surface area contributed by atoms with Crippen molar-refractivity contribution in [3.05, 3.63) is 291 Å². The Morgan fingerprint density at radius 2 is 0.557 bits per heavy atom. The van der Waals surface area contributed by atoms with Gasteiger partial charge in [0.1, 0.15) is 0 Å². The summed E-state index contributed by atoms with van der Waals surface area (Å²) < 4.78 is 4.97. The minimum Gasteiger partial charge on any atom is -0.309 e. The molecule has 0 fully saturated rings. The molecule has 0 saturated heterocycles. The lowest BCUT2D eigenvalue weighted by Crippen LogP contribution is -2.74. The van der Waals surface area contributed by atoms with Crippen LogP contribution in [0.4, 0.5) is 0 Å². The Morgan fingerprint density at radius 1 is 0.214 bits per heavy atom. The molecule has 0 N–H and O–H groups in total. The molecule has 0 unspecified atom stereocenters. The van der Waals surface area contributed by atoms with E-state index in [9.17, 15) is 0 Å². The number of benzene rings is 11. The standard InChI is InChI=1S/C66H48N2Si2/c1-7-24-51(25-8-1)69(52-26-9-2-10-27-52,53-28-11-3-12-29-53)57-45-42-49(43-46-57)67-61-38-21-19-36-58(61)60-48-50(44-47-63(60)67)68-62-39-22-20-37-59(62)66-64(68)40-23-41-65(66)70(54-30-13-4-14-31-54,55-32-15-5-16-33-55)56-34-17-6-18-35-56/h1-48H. The fraction of sp³-hybridized carbons (Fsp3) is 0. The lowest BCUT2D eigenvalue weighted by Gasteiger charge is -2.35. The lowest BCUT2D eigenvalue weighted by atomic mass is 10.1. The number of hydrogen-bond acceptors (Lipinski definition) is 0. The molecule has 13 aromatic rings. The number of nitrogens with zero attached hydrogens (tertiary/aromatic N) is 2. The highest BCUT2D eigenvalue weighted by Gasteiger charge is 2.44. The number of para-hydroxylation sites is 2. The molecule has 330 valence electrons. The Morgan fingerprint density at radius 3 is 1.04 bits per heavy atom. The number of aromatic nitrogens is 2. The summed E-state index contributed by atoms with van der Waals surface area (Å²) >= 11 is 0. The van der Waals surface area contributed by atoms with E-state index in [-0.39, 0.29) is 0 Å². The van der Waals surface area contributed by atoms with Gasteiger partial charge in [-0.05, 0) is 90.0 Å². The first-order valence-electron chi connectivity index (χ1n) is 24.3. The Balaban J connectivity index is 1.01. The third kappa shape index (κ3) is 6.38. The molecule has 0 amide bonds. The van der Waals surface area contributed by atoms with Crippen molar-refractivity contribution in [2.24, 2.45) is 0 Å². The summed E-state index contributed by atoms with van der Waals surface area (Å²) in [6, 6.07) is 109. The van der Waals surface area contributed by atoms with E-state index in [1.165, 1.54) is 85.1 Å². The lowest BCUT2D eigenvalue weighted by molar-refractivity contribution is 1.17. The van der Waals surface area contributed by atoms with E-state index < -0.39 is 16.1 Å². The Kier molecular flexibility index (Phi) is 10.2.